The summed E-state index contributed by atoms with van der Waals surface area (Å²) in [6, 6.07) is 5.87. The summed E-state index contributed by atoms with van der Waals surface area (Å²) >= 11 is 2.93. The number of nitrogens with two attached hydrogens (primary N) is 1. The Bertz CT molecular complexity index is 602. The maximum atomic E-state index is 13.5. The van der Waals surface area contributed by atoms with E-state index in [1.807, 2.05) is 0 Å². The first-order chi connectivity index (χ1) is 8.47. The summed E-state index contributed by atoms with van der Waals surface area (Å²) in [6.45, 7) is 0. The first-order valence-corrected chi connectivity index (χ1v) is 5.73. The van der Waals surface area contributed by atoms with E-state index in [2.05, 4.69) is 21.2 Å². The molecule has 0 bridgehead atoms. The first kappa shape index (κ1) is 12.8. The topological polar surface area (TPSA) is 38.0 Å². The second kappa shape index (κ2) is 4.89. The highest BCUT2D eigenvalue weighted by atomic mass is 79.9. The van der Waals surface area contributed by atoms with Crippen LogP contribution in [0.3, 0.4) is 0 Å². The Morgan fingerprint density at radius 2 is 1.56 bits per heavy atom. The average molecular weight is 317 g/mol. The molecule has 2 rings (SSSR count). The molecule has 94 valence electrons. The van der Waals surface area contributed by atoms with Gasteiger partial charge in [-0.3, -0.25) is 0 Å². The second-order valence-corrected chi connectivity index (χ2v) is 4.46. The molecule has 0 fully saturated rings. The van der Waals surface area contributed by atoms with Gasteiger partial charge in [0, 0.05) is 11.8 Å². The van der Waals surface area contributed by atoms with Gasteiger partial charge in [-0.15, -0.1) is 0 Å². The smallest absolute Gasteiger partial charge is 0.149 e. The zero-order chi connectivity index (χ0) is 13.3. The highest BCUT2D eigenvalue weighted by Crippen LogP contribution is 2.28. The lowest BCUT2D eigenvalue weighted by Crippen LogP contribution is -1.98. The Balaban J connectivity index is 2.37. The molecule has 2 aromatic rings. The molecule has 0 heterocycles. The first-order valence-electron chi connectivity index (χ1n) is 4.94. The van der Waals surface area contributed by atoms with Gasteiger partial charge in [-0.2, -0.15) is 0 Å². The van der Waals surface area contributed by atoms with E-state index in [0.29, 0.717) is 6.07 Å². The maximum Gasteiger partial charge on any atom is 0.149 e. The van der Waals surface area contributed by atoms with Crippen LogP contribution in [-0.4, -0.2) is 0 Å². The molecule has 0 saturated carbocycles. The van der Waals surface area contributed by atoms with Crippen LogP contribution >= 0.6 is 15.9 Å². The van der Waals surface area contributed by atoms with Gasteiger partial charge < -0.3 is 11.1 Å². The monoisotopic (exact) mass is 316 g/mol. The average Bonchev–Trinajstić information content (AvgIpc) is 2.29. The van der Waals surface area contributed by atoms with E-state index < -0.39 is 17.5 Å². The van der Waals surface area contributed by atoms with E-state index >= 15 is 0 Å². The highest BCUT2D eigenvalue weighted by Gasteiger charge is 2.10. The largest absolute Gasteiger partial charge is 0.399 e. The molecule has 0 aliphatic rings. The summed E-state index contributed by atoms with van der Waals surface area (Å²) < 4.78 is 40.1. The van der Waals surface area contributed by atoms with Gasteiger partial charge in [0.05, 0.1) is 15.8 Å². The van der Waals surface area contributed by atoms with Crippen molar-refractivity contribution in [3.8, 4) is 0 Å². The predicted molar refractivity (Wildman–Crippen MR) is 68.2 cm³/mol. The lowest BCUT2D eigenvalue weighted by atomic mass is 10.2. The second-order valence-electron chi connectivity index (χ2n) is 3.61. The zero-order valence-corrected chi connectivity index (χ0v) is 10.6. The summed E-state index contributed by atoms with van der Waals surface area (Å²) in [6.07, 6.45) is 0. The molecule has 2 aromatic carbocycles. The minimum Gasteiger partial charge on any atom is -0.399 e. The van der Waals surface area contributed by atoms with Crippen LogP contribution in [0.2, 0.25) is 0 Å². The van der Waals surface area contributed by atoms with E-state index in [9.17, 15) is 13.2 Å². The Labute approximate surface area is 110 Å². The standard InChI is InChI=1S/C12H8BrF3N2/c13-7-4-12(10(16)5-8(7)14)18-11-2-1-6(17)3-9(11)15/h1-5,18H,17H2. The molecule has 2 nitrogen and oxygen atoms in total. The van der Waals surface area contributed by atoms with Gasteiger partial charge in [-0.1, -0.05) is 0 Å². The molecule has 18 heavy (non-hydrogen) atoms. The minimum atomic E-state index is -0.813. The molecule has 6 heteroatoms. The van der Waals surface area contributed by atoms with Crippen LogP contribution in [-0.2, 0) is 0 Å². The van der Waals surface area contributed by atoms with Crippen molar-refractivity contribution in [3.63, 3.8) is 0 Å². The van der Waals surface area contributed by atoms with Crippen molar-refractivity contribution in [2.75, 3.05) is 11.1 Å². The summed E-state index contributed by atoms with van der Waals surface area (Å²) in [5.41, 5.74) is 5.68. The molecule has 3 N–H and O–H groups in total. The van der Waals surface area contributed by atoms with Crippen molar-refractivity contribution in [2.45, 2.75) is 0 Å². The quantitative estimate of drug-likeness (QED) is 0.644. The number of benzene rings is 2. The van der Waals surface area contributed by atoms with Crippen molar-refractivity contribution in [3.05, 3.63) is 52.3 Å². The van der Waals surface area contributed by atoms with Crippen LogP contribution in [0.5, 0.6) is 0 Å². The van der Waals surface area contributed by atoms with Crippen LogP contribution in [0.1, 0.15) is 0 Å². The van der Waals surface area contributed by atoms with Crippen molar-refractivity contribution < 1.29 is 13.2 Å². The highest BCUT2D eigenvalue weighted by molar-refractivity contribution is 9.10. The number of anilines is 3. The molecule has 0 aliphatic heterocycles. The molecule has 0 atom stereocenters. The van der Waals surface area contributed by atoms with Crippen LogP contribution in [0.25, 0.3) is 0 Å². The van der Waals surface area contributed by atoms with Gasteiger partial charge in [0.15, 0.2) is 0 Å². The van der Waals surface area contributed by atoms with Crippen molar-refractivity contribution in [1.29, 1.82) is 0 Å². The molecule has 0 radical (unpaired) electrons. The van der Waals surface area contributed by atoms with Crippen molar-refractivity contribution in [2.24, 2.45) is 0 Å². The summed E-state index contributed by atoms with van der Waals surface area (Å²) in [5, 5.41) is 2.53. The van der Waals surface area contributed by atoms with Gasteiger partial charge in [0.2, 0.25) is 0 Å². The Morgan fingerprint density at radius 1 is 0.889 bits per heavy atom. The van der Waals surface area contributed by atoms with Gasteiger partial charge in [-0.05, 0) is 40.2 Å². The minimum absolute atomic E-state index is 0.0352. The van der Waals surface area contributed by atoms with E-state index in [-0.39, 0.29) is 21.5 Å². The van der Waals surface area contributed by atoms with Gasteiger partial charge in [-0.25, -0.2) is 13.2 Å². The number of hydrogen-bond acceptors (Lipinski definition) is 2. The van der Waals surface area contributed by atoms with E-state index in [1.54, 1.807) is 0 Å². The third kappa shape index (κ3) is 2.59. The number of nitrogens with one attached hydrogen (secondary N) is 1. The van der Waals surface area contributed by atoms with Crippen molar-refractivity contribution >= 4 is 33.0 Å². The lowest BCUT2D eigenvalue weighted by Gasteiger charge is -2.10. The van der Waals surface area contributed by atoms with Gasteiger partial charge >= 0.3 is 0 Å². The molecule has 0 unspecified atom stereocenters. The zero-order valence-electron chi connectivity index (χ0n) is 8.98. The molecule has 0 aromatic heterocycles. The summed E-state index contributed by atoms with van der Waals surface area (Å²) in [7, 11) is 0. The normalized spacial score (nSPS) is 10.4. The molecule has 0 saturated heterocycles. The van der Waals surface area contributed by atoms with Gasteiger partial charge in [0.25, 0.3) is 0 Å². The molecule has 0 amide bonds. The fourth-order valence-electron chi connectivity index (χ4n) is 1.40. The summed E-state index contributed by atoms with van der Waals surface area (Å²) in [4.78, 5) is 0. The molecule has 0 aliphatic carbocycles. The number of rotatable bonds is 2. The van der Waals surface area contributed by atoms with Crippen LogP contribution in [0.4, 0.5) is 30.2 Å². The summed E-state index contributed by atoms with van der Waals surface area (Å²) in [5.74, 6) is -2.15. The third-order valence-corrected chi connectivity index (χ3v) is 2.88. The third-order valence-electron chi connectivity index (χ3n) is 2.27. The Hall–Kier alpha value is -1.69. The maximum absolute atomic E-state index is 13.5. The molecule has 0 spiro atoms. The number of hydrogen-bond donors (Lipinski definition) is 2. The lowest BCUT2D eigenvalue weighted by molar-refractivity contribution is 0.581. The molecular weight excluding hydrogens is 309 g/mol. The van der Waals surface area contributed by atoms with Crippen LogP contribution in [0, 0.1) is 17.5 Å². The van der Waals surface area contributed by atoms with Crippen LogP contribution in [0.15, 0.2) is 34.8 Å². The Kier molecular flexibility index (Phi) is 3.47. The SMILES string of the molecule is Nc1ccc(Nc2cc(Br)c(F)cc2F)c(F)c1. The van der Waals surface area contributed by atoms with E-state index in [4.69, 9.17) is 5.73 Å². The number of nitrogen functional groups attached to an aromatic ring is 1. The molecular formula is C12H8BrF3N2. The van der Waals surface area contributed by atoms with Crippen molar-refractivity contribution in [1.82, 2.24) is 0 Å². The fraction of sp³-hybridized carbons (Fsp3) is 0. The predicted octanol–water partition coefficient (Wildman–Crippen LogP) is 4.19. The van der Waals surface area contributed by atoms with E-state index in [1.165, 1.54) is 18.2 Å². The van der Waals surface area contributed by atoms with E-state index in [0.717, 1.165) is 6.07 Å². The Morgan fingerprint density at radius 3 is 2.22 bits per heavy atom. The van der Waals surface area contributed by atoms with Crippen LogP contribution < -0.4 is 11.1 Å². The van der Waals surface area contributed by atoms with Gasteiger partial charge in [0.1, 0.15) is 17.5 Å². The number of halogens is 4. The fourth-order valence-corrected chi connectivity index (χ4v) is 1.74.